The molecule has 18 heavy (non-hydrogen) atoms. The normalized spacial score (nSPS) is 10.0. The first-order chi connectivity index (χ1) is 8.76. The maximum absolute atomic E-state index is 12.2. The highest BCUT2D eigenvalue weighted by atomic mass is 16.2. The molecular formula is C15H14N2O. The molecule has 90 valence electrons. The second-order valence-corrected chi connectivity index (χ2v) is 3.93. The molecule has 0 radical (unpaired) electrons. The van der Waals surface area contributed by atoms with Crippen molar-refractivity contribution in [1.82, 2.24) is 9.88 Å². The van der Waals surface area contributed by atoms with Gasteiger partial charge < -0.3 is 4.90 Å². The first-order valence-electron chi connectivity index (χ1n) is 5.83. The van der Waals surface area contributed by atoms with Gasteiger partial charge in [0.05, 0.1) is 12.1 Å². The quantitative estimate of drug-likeness (QED) is 0.769. The van der Waals surface area contributed by atoms with E-state index in [1.165, 1.54) is 0 Å². The number of aromatic nitrogens is 1. The van der Waals surface area contributed by atoms with Crippen molar-refractivity contribution in [3.63, 3.8) is 0 Å². The van der Waals surface area contributed by atoms with Crippen molar-refractivity contribution in [2.45, 2.75) is 6.92 Å². The molecule has 0 atom stereocenters. The Morgan fingerprint density at radius 1 is 1.44 bits per heavy atom. The van der Waals surface area contributed by atoms with E-state index in [-0.39, 0.29) is 5.91 Å². The summed E-state index contributed by atoms with van der Waals surface area (Å²) in [5, 5.41) is 0.958. The van der Waals surface area contributed by atoms with Gasteiger partial charge in [-0.2, -0.15) is 0 Å². The van der Waals surface area contributed by atoms with E-state index >= 15 is 0 Å². The van der Waals surface area contributed by atoms with E-state index in [2.05, 4.69) is 10.9 Å². The molecule has 0 saturated carbocycles. The maximum Gasteiger partial charge on any atom is 0.254 e. The van der Waals surface area contributed by atoms with Gasteiger partial charge in [0, 0.05) is 23.7 Å². The largest absolute Gasteiger partial charge is 0.328 e. The lowest BCUT2D eigenvalue weighted by atomic mass is 10.1. The molecule has 0 bridgehead atoms. The van der Waals surface area contributed by atoms with E-state index in [0.29, 0.717) is 18.7 Å². The van der Waals surface area contributed by atoms with Crippen LogP contribution in [0.3, 0.4) is 0 Å². The summed E-state index contributed by atoms with van der Waals surface area (Å²) in [6, 6.07) is 9.29. The number of carbonyl (C=O) groups is 1. The minimum Gasteiger partial charge on any atom is -0.328 e. The molecule has 0 aliphatic heterocycles. The molecule has 1 heterocycles. The number of nitrogens with zero attached hydrogens (tertiary/aromatic N) is 2. The van der Waals surface area contributed by atoms with Crippen LogP contribution in [0.15, 0.2) is 36.5 Å². The van der Waals surface area contributed by atoms with E-state index in [9.17, 15) is 4.79 Å². The fourth-order valence-electron chi connectivity index (χ4n) is 1.83. The predicted octanol–water partition coefficient (Wildman–Crippen LogP) is 2.33. The number of benzene rings is 1. The van der Waals surface area contributed by atoms with Crippen LogP contribution in [-0.2, 0) is 0 Å². The average molecular weight is 238 g/mol. The first-order valence-corrected chi connectivity index (χ1v) is 5.83. The number of rotatable bonds is 3. The highest BCUT2D eigenvalue weighted by Crippen LogP contribution is 2.14. The van der Waals surface area contributed by atoms with Gasteiger partial charge >= 0.3 is 0 Å². The van der Waals surface area contributed by atoms with Gasteiger partial charge in [-0.1, -0.05) is 12.0 Å². The van der Waals surface area contributed by atoms with Crippen molar-refractivity contribution in [2.24, 2.45) is 0 Å². The number of amides is 1. The Morgan fingerprint density at radius 3 is 3.00 bits per heavy atom. The molecule has 0 spiro atoms. The second-order valence-electron chi connectivity index (χ2n) is 3.93. The summed E-state index contributed by atoms with van der Waals surface area (Å²) in [7, 11) is 0. The molecule has 1 aromatic heterocycles. The van der Waals surface area contributed by atoms with Gasteiger partial charge in [0.1, 0.15) is 0 Å². The Labute approximate surface area is 106 Å². The SMILES string of the molecule is C#CCN(CC)C(=O)c1ccc2ncccc2c1. The Balaban J connectivity index is 2.36. The molecule has 0 N–H and O–H groups in total. The van der Waals surface area contributed by atoms with Crippen LogP contribution in [0.4, 0.5) is 0 Å². The van der Waals surface area contributed by atoms with Gasteiger partial charge in [-0.15, -0.1) is 6.42 Å². The van der Waals surface area contributed by atoms with Gasteiger partial charge in [-0.25, -0.2) is 0 Å². The van der Waals surface area contributed by atoms with Crippen LogP contribution in [-0.4, -0.2) is 28.9 Å². The lowest BCUT2D eigenvalue weighted by Gasteiger charge is -2.18. The van der Waals surface area contributed by atoms with Crippen molar-refractivity contribution in [3.05, 3.63) is 42.1 Å². The summed E-state index contributed by atoms with van der Waals surface area (Å²) in [6.07, 6.45) is 6.99. The van der Waals surface area contributed by atoms with Crippen molar-refractivity contribution >= 4 is 16.8 Å². The van der Waals surface area contributed by atoms with Gasteiger partial charge in [0.25, 0.3) is 5.91 Å². The fraction of sp³-hybridized carbons (Fsp3) is 0.200. The number of hydrogen-bond acceptors (Lipinski definition) is 2. The molecule has 0 fully saturated rings. The van der Waals surface area contributed by atoms with E-state index < -0.39 is 0 Å². The third kappa shape index (κ3) is 2.33. The summed E-state index contributed by atoms with van der Waals surface area (Å²) < 4.78 is 0. The Kier molecular flexibility index (Phi) is 3.59. The maximum atomic E-state index is 12.2. The number of hydrogen-bond donors (Lipinski definition) is 0. The lowest BCUT2D eigenvalue weighted by molar-refractivity contribution is 0.0785. The standard InChI is InChI=1S/C15H14N2O/c1-3-10-17(4-2)15(18)13-7-8-14-12(11-13)6-5-9-16-14/h1,5-9,11H,4,10H2,2H3. The summed E-state index contributed by atoms with van der Waals surface area (Å²) in [4.78, 5) is 18.1. The third-order valence-corrected chi connectivity index (χ3v) is 2.80. The highest BCUT2D eigenvalue weighted by Gasteiger charge is 2.13. The van der Waals surface area contributed by atoms with Crippen molar-refractivity contribution < 1.29 is 4.79 Å². The van der Waals surface area contributed by atoms with Gasteiger partial charge in [-0.05, 0) is 31.2 Å². The minimum atomic E-state index is -0.0406. The second kappa shape index (κ2) is 5.33. The molecule has 1 amide bonds. The van der Waals surface area contributed by atoms with Crippen LogP contribution in [0.25, 0.3) is 10.9 Å². The molecule has 0 saturated heterocycles. The highest BCUT2D eigenvalue weighted by molar-refractivity contribution is 5.98. The fourth-order valence-corrected chi connectivity index (χ4v) is 1.83. The first kappa shape index (κ1) is 12.1. The van der Waals surface area contributed by atoms with Crippen LogP contribution in [0.2, 0.25) is 0 Å². The number of carbonyl (C=O) groups excluding carboxylic acids is 1. The van der Waals surface area contributed by atoms with Gasteiger partial charge in [0.15, 0.2) is 0 Å². The van der Waals surface area contributed by atoms with Crippen LogP contribution >= 0.6 is 0 Å². The zero-order chi connectivity index (χ0) is 13.0. The van der Waals surface area contributed by atoms with E-state index in [1.807, 2.05) is 31.2 Å². The van der Waals surface area contributed by atoms with E-state index in [4.69, 9.17) is 6.42 Å². The molecule has 0 aliphatic carbocycles. The lowest BCUT2D eigenvalue weighted by Crippen LogP contribution is -2.31. The molecule has 1 aromatic carbocycles. The number of terminal acetylenes is 1. The molecule has 2 rings (SSSR count). The zero-order valence-electron chi connectivity index (χ0n) is 10.3. The summed E-state index contributed by atoms with van der Waals surface area (Å²) in [6.45, 7) is 2.85. The van der Waals surface area contributed by atoms with Crippen LogP contribution in [0, 0.1) is 12.3 Å². The molecule has 0 unspecified atom stereocenters. The molecular weight excluding hydrogens is 224 g/mol. The van der Waals surface area contributed by atoms with Crippen LogP contribution in [0.5, 0.6) is 0 Å². The summed E-state index contributed by atoms with van der Waals surface area (Å²) in [5.41, 5.74) is 1.53. The third-order valence-electron chi connectivity index (χ3n) is 2.80. The van der Waals surface area contributed by atoms with Crippen LogP contribution < -0.4 is 0 Å². The predicted molar refractivity (Wildman–Crippen MR) is 72.2 cm³/mol. The van der Waals surface area contributed by atoms with Crippen molar-refractivity contribution in [3.8, 4) is 12.3 Å². The molecule has 2 aromatic rings. The minimum absolute atomic E-state index is 0.0406. The van der Waals surface area contributed by atoms with E-state index in [1.54, 1.807) is 17.2 Å². The number of pyridine rings is 1. The monoisotopic (exact) mass is 238 g/mol. The Morgan fingerprint density at radius 2 is 2.28 bits per heavy atom. The Hall–Kier alpha value is -2.34. The molecule has 3 nitrogen and oxygen atoms in total. The topological polar surface area (TPSA) is 33.2 Å². The summed E-state index contributed by atoms with van der Waals surface area (Å²) >= 11 is 0. The zero-order valence-corrected chi connectivity index (χ0v) is 10.3. The van der Waals surface area contributed by atoms with Crippen molar-refractivity contribution in [2.75, 3.05) is 13.1 Å². The van der Waals surface area contributed by atoms with Crippen molar-refractivity contribution in [1.29, 1.82) is 0 Å². The molecule has 0 aliphatic rings. The van der Waals surface area contributed by atoms with Crippen LogP contribution in [0.1, 0.15) is 17.3 Å². The number of fused-ring (bicyclic) bond motifs is 1. The van der Waals surface area contributed by atoms with Gasteiger partial charge in [0.2, 0.25) is 0 Å². The smallest absolute Gasteiger partial charge is 0.254 e. The molecule has 3 heteroatoms. The van der Waals surface area contributed by atoms with E-state index in [0.717, 1.165) is 10.9 Å². The Bertz CT molecular complexity index is 613. The van der Waals surface area contributed by atoms with Gasteiger partial charge in [-0.3, -0.25) is 9.78 Å². The average Bonchev–Trinajstić information content (AvgIpc) is 2.43. The summed E-state index contributed by atoms with van der Waals surface area (Å²) in [5.74, 6) is 2.46.